The van der Waals surface area contributed by atoms with Crippen LogP contribution in [0, 0.1) is 6.92 Å². The molecule has 5 heteroatoms. The molecule has 4 nitrogen and oxygen atoms in total. The fourth-order valence-electron chi connectivity index (χ4n) is 2.33. The van der Waals surface area contributed by atoms with Gasteiger partial charge in [-0.05, 0) is 24.9 Å². The fraction of sp³-hybridized carbons (Fsp3) is 0.500. The second-order valence-corrected chi connectivity index (χ2v) is 5.70. The molecule has 0 aliphatic carbocycles. The summed E-state index contributed by atoms with van der Waals surface area (Å²) in [6.07, 6.45) is 0. The van der Waals surface area contributed by atoms with E-state index in [4.69, 9.17) is 0 Å². The van der Waals surface area contributed by atoms with Crippen molar-refractivity contribution < 1.29 is 0 Å². The number of nitrogens with one attached hydrogen (secondary N) is 1. The minimum absolute atomic E-state index is 0.935. The maximum absolute atomic E-state index is 4.50. The van der Waals surface area contributed by atoms with Gasteiger partial charge in [0.1, 0.15) is 5.82 Å². The smallest absolute Gasteiger partial charge is 0.128 e. The van der Waals surface area contributed by atoms with Crippen molar-refractivity contribution in [1.82, 2.24) is 14.7 Å². The fourth-order valence-corrected chi connectivity index (χ4v) is 3.08. The van der Waals surface area contributed by atoms with Gasteiger partial charge in [-0.25, -0.2) is 0 Å². The number of hydrogen-bond donors (Lipinski definition) is 1. The average molecular weight is 278 g/mol. The zero-order chi connectivity index (χ0) is 13.8. The van der Waals surface area contributed by atoms with E-state index < -0.39 is 0 Å². The molecule has 2 rings (SSSR count). The Labute approximate surface area is 119 Å². The van der Waals surface area contributed by atoms with Crippen LogP contribution in [-0.2, 0) is 20.1 Å². The molecule has 0 amide bonds. The highest BCUT2D eigenvalue weighted by atomic mass is 32.1. The molecule has 2 aromatic heterocycles. The van der Waals surface area contributed by atoms with Crippen LogP contribution in [0.4, 0.5) is 5.82 Å². The van der Waals surface area contributed by atoms with E-state index in [1.54, 1.807) is 0 Å². The molecule has 0 atom stereocenters. The number of hydrogen-bond acceptors (Lipinski definition) is 4. The molecule has 2 aromatic rings. The molecule has 0 aliphatic heterocycles. The van der Waals surface area contributed by atoms with Gasteiger partial charge in [0.05, 0.1) is 5.69 Å². The van der Waals surface area contributed by atoms with E-state index >= 15 is 0 Å². The van der Waals surface area contributed by atoms with E-state index in [1.165, 1.54) is 10.4 Å². The van der Waals surface area contributed by atoms with Crippen LogP contribution in [0.5, 0.6) is 0 Å². The summed E-state index contributed by atoms with van der Waals surface area (Å²) in [6, 6.07) is 4.31. The molecule has 0 aliphatic rings. The zero-order valence-electron chi connectivity index (χ0n) is 12.1. The van der Waals surface area contributed by atoms with E-state index in [1.807, 2.05) is 30.1 Å². The van der Waals surface area contributed by atoms with Crippen molar-refractivity contribution in [2.24, 2.45) is 7.05 Å². The topological polar surface area (TPSA) is 33.1 Å². The minimum Gasteiger partial charge on any atom is -0.373 e. The van der Waals surface area contributed by atoms with Gasteiger partial charge >= 0.3 is 0 Å². The van der Waals surface area contributed by atoms with Crippen LogP contribution in [0.1, 0.15) is 23.1 Å². The Bertz CT molecular complexity index is 516. The highest BCUT2D eigenvalue weighted by Gasteiger charge is 2.15. The first-order valence-electron chi connectivity index (χ1n) is 6.60. The van der Waals surface area contributed by atoms with E-state index in [-0.39, 0.29) is 0 Å². The van der Waals surface area contributed by atoms with Gasteiger partial charge in [-0.1, -0.05) is 13.0 Å². The second kappa shape index (κ2) is 6.21. The normalized spacial score (nSPS) is 11.2. The van der Waals surface area contributed by atoms with Gasteiger partial charge in [0.25, 0.3) is 0 Å². The lowest BCUT2D eigenvalue weighted by atomic mass is 10.2. The van der Waals surface area contributed by atoms with Crippen LogP contribution in [0.15, 0.2) is 17.5 Å². The first-order chi connectivity index (χ1) is 9.15. The quantitative estimate of drug-likeness (QED) is 0.882. The van der Waals surface area contributed by atoms with Gasteiger partial charge in [-0.2, -0.15) is 5.10 Å². The molecule has 0 saturated carbocycles. The summed E-state index contributed by atoms with van der Waals surface area (Å²) in [7, 11) is 3.94. The molecule has 0 saturated heterocycles. The summed E-state index contributed by atoms with van der Waals surface area (Å²) in [5.41, 5.74) is 2.40. The molecular formula is C14H22N4S. The Morgan fingerprint density at radius 2 is 2.21 bits per heavy atom. The van der Waals surface area contributed by atoms with Gasteiger partial charge in [-0.3, -0.25) is 9.58 Å². The van der Waals surface area contributed by atoms with Crippen molar-refractivity contribution in [3.05, 3.63) is 33.6 Å². The van der Waals surface area contributed by atoms with Crippen LogP contribution >= 0.6 is 11.3 Å². The number of rotatable bonds is 6. The largest absolute Gasteiger partial charge is 0.373 e. The van der Waals surface area contributed by atoms with Crippen LogP contribution in [0.3, 0.4) is 0 Å². The van der Waals surface area contributed by atoms with Crippen molar-refractivity contribution in [2.45, 2.75) is 26.9 Å². The number of aromatic nitrogens is 2. The lowest BCUT2D eigenvalue weighted by molar-refractivity contribution is 0.274. The van der Waals surface area contributed by atoms with Gasteiger partial charge < -0.3 is 5.32 Å². The van der Waals surface area contributed by atoms with Crippen molar-refractivity contribution in [1.29, 1.82) is 0 Å². The molecule has 0 radical (unpaired) electrons. The Kier molecular flexibility index (Phi) is 4.61. The molecule has 0 fully saturated rings. The maximum atomic E-state index is 4.50. The maximum Gasteiger partial charge on any atom is 0.128 e. The van der Waals surface area contributed by atoms with E-state index in [9.17, 15) is 0 Å². The highest BCUT2D eigenvalue weighted by molar-refractivity contribution is 7.09. The third kappa shape index (κ3) is 3.16. The average Bonchev–Trinajstić information content (AvgIpc) is 2.97. The van der Waals surface area contributed by atoms with Gasteiger partial charge in [-0.15, -0.1) is 11.3 Å². The minimum atomic E-state index is 0.935. The predicted molar refractivity (Wildman–Crippen MR) is 81.6 cm³/mol. The van der Waals surface area contributed by atoms with Crippen LogP contribution in [-0.4, -0.2) is 28.3 Å². The van der Waals surface area contributed by atoms with E-state index in [0.717, 1.165) is 31.1 Å². The Morgan fingerprint density at radius 1 is 1.42 bits per heavy atom. The summed E-state index contributed by atoms with van der Waals surface area (Å²) in [6.45, 7) is 7.26. The van der Waals surface area contributed by atoms with E-state index in [0.29, 0.717) is 0 Å². The van der Waals surface area contributed by atoms with E-state index in [2.05, 4.69) is 46.7 Å². The Hall–Kier alpha value is -1.33. The molecule has 0 bridgehead atoms. The summed E-state index contributed by atoms with van der Waals surface area (Å²) < 4.78 is 1.92. The molecule has 2 heterocycles. The predicted octanol–water partition coefficient (Wildman–Crippen LogP) is 2.85. The molecule has 1 N–H and O–H groups in total. The van der Waals surface area contributed by atoms with Crippen LogP contribution in [0.2, 0.25) is 0 Å². The molecule has 0 aromatic carbocycles. The Morgan fingerprint density at radius 3 is 2.79 bits per heavy atom. The number of aryl methyl sites for hydroxylation is 2. The highest BCUT2D eigenvalue weighted by Crippen LogP contribution is 2.21. The lowest BCUT2D eigenvalue weighted by Crippen LogP contribution is -2.22. The lowest BCUT2D eigenvalue weighted by Gasteiger charge is -2.20. The standard InChI is InChI=1S/C14H22N4S/c1-5-18(9-12-7-6-8-19-12)10-13-11(2)16-17(4)14(13)15-3/h6-8,15H,5,9-10H2,1-4H3. The summed E-state index contributed by atoms with van der Waals surface area (Å²) in [5.74, 6) is 1.11. The molecule has 19 heavy (non-hydrogen) atoms. The first kappa shape index (κ1) is 14.1. The van der Waals surface area contributed by atoms with Gasteiger partial charge in [0.15, 0.2) is 0 Å². The Balaban J connectivity index is 2.14. The molecule has 104 valence electrons. The van der Waals surface area contributed by atoms with Gasteiger partial charge in [0, 0.05) is 37.6 Å². The molecular weight excluding hydrogens is 256 g/mol. The summed E-state index contributed by atoms with van der Waals surface area (Å²) >= 11 is 1.82. The third-order valence-corrected chi connectivity index (χ3v) is 4.23. The number of anilines is 1. The summed E-state index contributed by atoms with van der Waals surface area (Å²) in [5, 5.41) is 9.88. The number of nitrogens with zero attached hydrogens (tertiary/aromatic N) is 3. The molecule has 0 spiro atoms. The third-order valence-electron chi connectivity index (χ3n) is 3.37. The van der Waals surface area contributed by atoms with Crippen molar-refractivity contribution in [2.75, 3.05) is 18.9 Å². The number of thiophene rings is 1. The molecule has 0 unspecified atom stereocenters. The van der Waals surface area contributed by atoms with Crippen molar-refractivity contribution in [3.63, 3.8) is 0 Å². The zero-order valence-corrected chi connectivity index (χ0v) is 12.9. The summed E-state index contributed by atoms with van der Waals surface area (Å²) in [4.78, 5) is 3.85. The van der Waals surface area contributed by atoms with Crippen molar-refractivity contribution in [3.8, 4) is 0 Å². The second-order valence-electron chi connectivity index (χ2n) is 4.67. The van der Waals surface area contributed by atoms with Crippen LogP contribution < -0.4 is 5.32 Å². The SMILES string of the molecule is CCN(Cc1cccs1)Cc1c(C)nn(C)c1NC. The van der Waals surface area contributed by atoms with Crippen molar-refractivity contribution >= 4 is 17.2 Å². The van der Waals surface area contributed by atoms with Crippen LogP contribution in [0.25, 0.3) is 0 Å². The first-order valence-corrected chi connectivity index (χ1v) is 7.48. The van der Waals surface area contributed by atoms with Gasteiger partial charge in [0.2, 0.25) is 0 Å². The monoisotopic (exact) mass is 278 g/mol.